The van der Waals surface area contributed by atoms with Crippen molar-refractivity contribution >= 4 is 28.7 Å². The van der Waals surface area contributed by atoms with E-state index in [1.807, 2.05) is 22.6 Å². The van der Waals surface area contributed by atoms with Crippen molar-refractivity contribution in [2.24, 2.45) is 0 Å². The van der Waals surface area contributed by atoms with Crippen LogP contribution in [0.15, 0.2) is 0 Å². The highest BCUT2D eigenvalue weighted by molar-refractivity contribution is 14.1. The lowest BCUT2D eigenvalue weighted by molar-refractivity contribution is -0.207. The molecule has 1 aliphatic rings. The van der Waals surface area contributed by atoms with Crippen LogP contribution >= 0.6 is 22.6 Å². The van der Waals surface area contributed by atoms with Crippen LogP contribution in [-0.2, 0) is 9.47 Å². The van der Waals surface area contributed by atoms with Crippen molar-refractivity contribution in [3.8, 4) is 0 Å². The van der Waals surface area contributed by atoms with Crippen molar-refractivity contribution in [1.82, 2.24) is 4.90 Å². The van der Waals surface area contributed by atoms with Gasteiger partial charge in [-0.05, 0) is 33.6 Å². The summed E-state index contributed by atoms with van der Waals surface area (Å²) >= 11 is 2.00. The zero-order chi connectivity index (χ0) is 16.3. The minimum absolute atomic E-state index is 0.126. The molecule has 4 nitrogen and oxygen atoms in total. The second kappa shape index (κ2) is 6.89. The van der Waals surface area contributed by atoms with Gasteiger partial charge in [-0.25, -0.2) is 4.79 Å². The molecule has 124 valence electrons. The molecule has 0 spiro atoms. The van der Waals surface area contributed by atoms with Gasteiger partial charge in [0.05, 0.1) is 12.1 Å². The number of halogens is 4. The van der Waals surface area contributed by atoms with Crippen LogP contribution in [0.5, 0.6) is 0 Å². The summed E-state index contributed by atoms with van der Waals surface area (Å²) < 4.78 is 47.9. The van der Waals surface area contributed by atoms with Crippen LogP contribution in [0.3, 0.4) is 0 Å². The number of carbonyl (C=O) groups excluding carboxylic acids is 1. The van der Waals surface area contributed by atoms with Gasteiger partial charge in [-0.15, -0.1) is 0 Å². The van der Waals surface area contributed by atoms with Crippen LogP contribution in [0.25, 0.3) is 0 Å². The molecule has 0 bridgehead atoms. The summed E-state index contributed by atoms with van der Waals surface area (Å²) in [6.45, 7) is 4.56. The fraction of sp³-hybridized carbons (Fsp3) is 0.923. The zero-order valence-corrected chi connectivity index (χ0v) is 14.6. The van der Waals surface area contributed by atoms with E-state index in [-0.39, 0.29) is 6.54 Å². The van der Waals surface area contributed by atoms with Crippen molar-refractivity contribution in [2.75, 3.05) is 24.1 Å². The van der Waals surface area contributed by atoms with Gasteiger partial charge in [-0.3, -0.25) is 0 Å². The molecule has 0 radical (unpaired) electrons. The normalized spacial score (nSPS) is 24.0. The number of piperidine rings is 1. The smallest absolute Gasteiger partial charge is 0.411 e. The number of ether oxygens (including phenoxy) is 2. The van der Waals surface area contributed by atoms with Crippen LogP contribution in [0, 0.1) is 0 Å². The summed E-state index contributed by atoms with van der Waals surface area (Å²) in [5.74, 6) is 0. The maximum absolute atomic E-state index is 12.4. The molecule has 1 atom stereocenters. The Bertz CT molecular complexity index is 371. The number of hydrogen-bond donors (Lipinski definition) is 0. The molecule has 1 aliphatic heterocycles. The number of likely N-dealkylation sites (tertiary alicyclic amines) is 1. The highest BCUT2D eigenvalue weighted by Crippen LogP contribution is 2.30. The van der Waals surface area contributed by atoms with Gasteiger partial charge in [-0.2, -0.15) is 13.2 Å². The third-order valence-electron chi connectivity index (χ3n) is 2.98. The highest BCUT2D eigenvalue weighted by atomic mass is 127. The van der Waals surface area contributed by atoms with Crippen molar-refractivity contribution in [3.63, 3.8) is 0 Å². The Kier molecular flexibility index (Phi) is 6.17. The van der Waals surface area contributed by atoms with Crippen LogP contribution in [0.2, 0.25) is 0 Å². The summed E-state index contributed by atoms with van der Waals surface area (Å²) in [5, 5.41) is 0. The van der Waals surface area contributed by atoms with E-state index in [0.29, 0.717) is 23.8 Å². The average molecular weight is 423 g/mol. The second-order valence-electron chi connectivity index (χ2n) is 6.23. The quantitative estimate of drug-likeness (QED) is 0.513. The topological polar surface area (TPSA) is 38.8 Å². The maximum Gasteiger partial charge on any atom is 0.411 e. The first kappa shape index (κ1) is 18.8. The monoisotopic (exact) mass is 423 g/mol. The third kappa shape index (κ3) is 6.58. The molecule has 1 amide bonds. The number of amides is 1. The Morgan fingerprint density at radius 1 is 1.33 bits per heavy atom. The zero-order valence-electron chi connectivity index (χ0n) is 12.4. The van der Waals surface area contributed by atoms with Gasteiger partial charge in [0, 0.05) is 11.0 Å². The lowest BCUT2D eigenvalue weighted by Gasteiger charge is -2.42. The summed E-state index contributed by atoms with van der Waals surface area (Å²) in [4.78, 5) is 13.5. The van der Waals surface area contributed by atoms with E-state index >= 15 is 0 Å². The van der Waals surface area contributed by atoms with E-state index in [9.17, 15) is 18.0 Å². The molecule has 0 aliphatic carbocycles. The third-order valence-corrected chi connectivity index (χ3v) is 4.37. The Balaban J connectivity index is 2.69. The molecule has 1 saturated heterocycles. The fourth-order valence-electron chi connectivity index (χ4n) is 2.08. The number of rotatable bonds is 3. The lowest BCUT2D eigenvalue weighted by atomic mass is 9.95. The van der Waals surface area contributed by atoms with Gasteiger partial charge in [0.15, 0.2) is 0 Å². The van der Waals surface area contributed by atoms with Gasteiger partial charge < -0.3 is 14.4 Å². The van der Waals surface area contributed by atoms with E-state index in [1.165, 1.54) is 4.90 Å². The molecule has 1 rings (SSSR count). The minimum Gasteiger partial charge on any atom is -0.444 e. The van der Waals surface area contributed by atoms with Crippen molar-refractivity contribution in [3.05, 3.63) is 0 Å². The van der Waals surface area contributed by atoms with Crippen molar-refractivity contribution < 1.29 is 27.4 Å². The van der Waals surface area contributed by atoms with Crippen molar-refractivity contribution in [2.45, 2.75) is 51.0 Å². The van der Waals surface area contributed by atoms with Crippen molar-refractivity contribution in [1.29, 1.82) is 0 Å². The molecular weight excluding hydrogens is 402 g/mol. The van der Waals surface area contributed by atoms with E-state index in [2.05, 4.69) is 0 Å². The predicted octanol–water partition coefficient (Wildman–Crippen LogP) is 3.77. The number of hydrogen-bond acceptors (Lipinski definition) is 3. The Morgan fingerprint density at radius 3 is 2.43 bits per heavy atom. The van der Waals surface area contributed by atoms with Crippen LogP contribution < -0.4 is 0 Å². The molecule has 8 heteroatoms. The van der Waals surface area contributed by atoms with Gasteiger partial charge in [0.25, 0.3) is 0 Å². The minimum atomic E-state index is -4.37. The van der Waals surface area contributed by atoms with Gasteiger partial charge in [-0.1, -0.05) is 22.6 Å². The molecule has 1 heterocycles. The maximum atomic E-state index is 12.4. The van der Waals surface area contributed by atoms with E-state index in [0.717, 1.165) is 0 Å². The van der Waals surface area contributed by atoms with Gasteiger partial charge >= 0.3 is 12.3 Å². The Labute approximate surface area is 136 Å². The first-order chi connectivity index (χ1) is 9.46. The van der Waals surface area contributed by atoms with E-state index < -0.39 is 30.1 Å². The van der Waals surface area contributed by atoms with E-state index in [4.69, 9.17) is 9.47 Å². The second-order valence-corrected chi connectivity index (χ2v) is 6.99. The van der Waals surface area contributed by atoms with Gasteiger partial charge in [0.1, 0.15) is 12.2 Å². The number of carbonyl (C=O) groups is 1. The molecule has 0 aromatic heterocycles. The summed E-state index contributed by atoms with van der Waals surface area (Å²) in [5.41, 5.74) is -1.58. The number of nitrogens with zero attached hydrogens (tertiary/aromatic N) is 1. The predicted molar refractivity (Wildman–Crippen MR) is 80.7 cm³/mol. The number of alkyl halides is 4. The highest BCUT2D eigenvalue weighted by Gasteiger charge is 2.41. The lowest BCUT2D eigenvalue weighted by Crippen LogP contribution is -2.54. The molecule has 0 saturated carbocycles. The molecule has 1 unspecified atom stereocenters. The summed E-state index contributed by atoms with van der Waals surface area (Å²) in [7, 11) is 0. The first-order valence-electron chi connectivity index (χ1n) is 6.71. The molecular formula is C13H21F3INO3. The van der Waals surface area contributed by atoms with Crippen LogP contribution in [0.1, 0.15) is 33.6 Å². The first-order valence-corrected chi connectivity index (χ1v) is 8.24. The van der Waals surface area contributed by atoms with Gasteiger partial charge in [0.2, 0.25) is 0 Å². The molecule has 1 fully saturated rings. The summed E-state index contributed by atoms with van der Waals surface area (Å²) in [6.07, 6.45) is -3.77. The Morgan fingerprint density at radius 2 is 1.95 bits per heavy atom. The molecule has 0 aromatic rings. The summed E-state index contributed by atoms with van der Waals surface area (Å²) in [6, 6.07) is 0. The standard InChI is InChI=1S/C13H21F3INO3/c1-11(2,3)21-10(19)18-6-4-5-12(7-17,8-18)20-9-13(14,15)16/h4-9H2,1-3H3. The molecule has 0 N–H and O–H groups in total. The SMILES string of the molecule is CC(C)(C)OC(=O)N1CCCC(CI)(OCC(F)(F)F)C1. The van der Waals surface area contributed by atoms with E-state index in [1.54, 1.807) is 20.8 Å². The Hall–Kier alpha value is -0.250. The van der Waals surface area contributed by atoms with Crippen LogP contribution in [-0.4, -0.2) is 52.5 Å². The van der Waals surface area contributed by atoms with Crippen LogP contribution in [0.4, 0.5) is 18.0 Å². The average Bonchev–Trinajstić information content (AvgIpc) is 2.34. The fourth-order valence-corrected chi connectivity index (χ4v) is 2.92. The molecule has 0 aromatic carbocycles. The molecule has 21 heavy (non-hydrogen) atoms. The largest absolute Gasteiger partial charge is 0.444 e.